The Kier molecular flexibility index (Phi) is 3.01. The number of fused-ring (bicyclic) bond motifs is 1. The molecule has 0 saturated carbocycles. The van der Waals surface area contributed by atoms with Crippen molar-refractivity contribution >= 4 is 36.8 Å². The maximum Gasteiger partial charge on any atom is 0.284 e. The van der Waals surface area contributed by atoms with Crippen LogP contribution in [0.4, 0.5) is 0 Å². The second-order valence-corrected chi connectivity index (χ2v) is 7.88. The highest BCUT2D eigenvalue weighted by Crippen LogP contribution is 2.30. The minimum Gasteiger partial charge on any atom is -0.207 e. The fraction of sp³-hybridized carbons (Fsp3) is 0.222. The Morgan fingerprint density at radius 3 is 2.44 bits per heavy atom. The van der Waals surface area contributed by atoms with Gasteiger partial charge in [-0.1, -0.05) is 11.6 Å². The van der Waals surface area contributed by atoms with Crippen LogP contribution in [0.25, 0.3) is 0 Å². The molecule has 0 radical (unpaired) electrons. The van der Waals surface area contributed by atoms with E-state index in [1.807, 2.05) is 0 Å². The van der Waals surface area contributed by atoms with Crippen LogP contribution in [-0.4, -0.2) is 40.4 Å². The lowest BCUT2D eigenvalue weighted by atomic mass is 10.2. The van der Waals surface area contributed by atoms with Crippen molar-refractivity contribution in [2.24, 2.45) is 4.40 Å². The normalized spacial score (nSPS) is 17.7. The molecule has 0 amide bonds. The lowest BCUT2D eigenvalue weighted by molar-refractivity contribution is 0.520. The highest BCUT2D eigenvalue weighted by molar-refractivity contribution is 7.91. The van der Waals surface area contributed by atoms with Crippen molar-refractivity contribution in [3.8, 4) is 0 Å². The van der Waals surface area contributed by atoms with E-state index in [1.165, 1.54) is 26.2 Å². The largest absolute Gasteiger partial charge is 0.284 e. The molecule has 0 fully saturated rings. The summed E-state index contributed by atoms with van der Waals surface area (Å²) in [5, 5.41) is -0.154. The van der Waals surface area contributed by atoms with E-state index in [4.69, 9.17) is 11.6 Å². The highest BCUT2D eigenvalue weighted by Gasteiger charge is 2.30. The fourth-order valence-corrected chi connectivity index (χ4v) is 4.08. The standard InChI is InChI=1S/C9H9ClN2O4S2/c1-12(2)18(15,16)6-3-4-7-8(5-6)17(13,14)11-9(7)10/h3-5H,1-2H3. The van der Waals surface area contributed by atoms with E-state index in [9.17, 15) is 16.8 Å². The van der Waals surface area contributed by atoms with Gasteiger partial charge >= 0.3 is 0 Å². The zero-order valence-corrected chi connectivity index (χ0v) is 11.8. The van der Waals surface area contributed by atoms with Crippen LogP contribution in [0.3, 0.4) is 0 Å². The highest BCUT2D eigenvalue weighted by atomic mass is 35.5. The first-order valence-electron chi connectivity index (χ1n) is 4.74. The lowest BCUT2D eigenvalue weighted by Crippen LogP contribution is -2.22. The summed E-state index contributed by atoms with van der Waals surface area (Å²) in [5.74, 6) is 0. The molecule has 6 nitrogen and oxygen atoms in total. The van der Waals surface area contributed by atoms with E-state index in [-0.39, 0.29) is 20.5 Å². The molecule has 0 unspecified atom stereocenters. The van der Waals surface area contributed by atoms with Gasteiger partial charge in [0.25, 0.3) is 10.0 Å². The first-order valence-corrected chi connectivity index (χ1v) is 7.99. The second-order valence-electron chi connectivity index (χ2n) is 3.80. The summed E-state index contributed by atoms with van der Waals surface area (Å²) in [5.41, 5.74) is 0.217. The third-order valence-corrected chi connectivity index (χ3v) is 5.95. The first kappa shape index (κ1) is 13.5. The maximum absolute atomic E-state index is 11.9. The van der Waals surface area contributed by atoms with E-state index in [0.717, 1.165) is 10.4 Å². The summed E-state index contributed by atoms with van der Waals surface area (Å²) >= 11 is 5.67. The van der Waals surface area contributed by atoms with Gasteiger partial charge in [0.15, 0.2) is 5.17 Å². The minimum atomic E-state index is -3.89. The predicted octanol–water partition coefficient (Wildman–Crippen LogP) is 0.625. The summed E-state index contributed by atoms with van der Waals surface area (Å²) in [6.07, 6.45) is 0. The number of nitrogens with zero attached hydrogens (tertiary/aromatic N) is 2. The van der Waals surface area contributed by atoms with Crippen LogP contribution >= 0.6 is 11.6 Å². The van der Waals surface area contributed by atoms with Gasteiger partial charge < -0.3 is 0 Å². The van der Waals surface area contributed by atoms with Crippen molar-refractivity contribution in [1.29, 1.82) is 0 Å². The van der Waals surface area contributed by atoms with Gasteiger partial charge in [0.05, 0.1) is 4.90 Å². The van der Waals surface area contributed by atoms with Gasteiger partial charge in [-0.15, -0.1) is 4.40 Å². The van der Waals surface area contributed by atoms with Crippen molar-refractivity contribution in [2.75, 3.05) is 14.1 Å². The monoisotopic (exact) mass is 308 g/mol. The molecule has 2 rings (SSSR count). The average Bonchev–Trinajstić information content (AvgIpc) is 2.49. The molecule has 9 heteroatoms. The molecule has 0 saturated heterocycles. The van der Waals surface area contributed by atoms with Crippen molar-refractivity contribution in [3.05, 3.63) is 23.8 Å². The van der Waals surface area contributed by atoms with Crippen LogP contribution in [0.1, 0.15) is 5.56 Å². The topological polar surface area (TPSA) is 83.9 Å². The molecular formula is C9H9ClN2O4S2. The van der Waals surface area contributed by atoms with E-state index in [2.05, 4.69) is 4.40 Å². The summed E-state index contributed by atoms with van der Waals surface area (Å²) in [6, 6.07) is 3.70. The predicted molar refractivity (Wildman–Crippen MR) is 66.9 cm³/mol. The van der Waals surface area contributed by atoms with Crippen LogP contribution in [0.15, 0.2) is 32.4 Å². The summed E-state index contributed by atoms with van der Waals surface area (Å²) in [6.45, 7) is 0. The minimum absolute atomic E-state index is 0.114. The van der Waals surface area contributed by atoms with Crippen LogP contribution < -0.4 is 0 Å². The first-order chi connectivity index (χ1) is 8.16. The smallest absolute Gasteiger partial charge is 0.207 e. The molecule has 0 aliphatic carbocycles. The third-order valence-electron chi connectivity index (χ3n) is 2.43. The lowest BCUT2D eigenvalue weighted by Gasteiger charge is -2.11. The van der Waals surface area contributed by atoms with Gasteiger partial charge in [-0.05, 0) is 18.2 Å². The maximum atomic E-state index is 11.9. The zero-order valence-electron chi connectivity index (χ0n) is 9.45. The van der Waals surface area contributed by atoms with Gasteiger partial charge in [-0.3, -0.25) is 0 Å². The number of benzene rings is 1. The Labute approximate surface area is 110 Å². The van der Waals surface area contributed by atoms with Crippen LogP contribution in [-0.2, 0) is 20.0 Å². The third kappa shape index (κ3) is 1.95. The second kappa shape index (κ2) is 4.02. The molecular weight excluding hydrogens is 300 g/mol. The van der Waals surface area contributed by atoms with Crippen LogP contribution in [0, 0.1) is 0 Å². The summed E-state index contributed by atoms with van der Waals surface area (Å²) in [7, 11) is -4.86. The molecule has 0 N–H and O–H groups in total. The zero-order chi connectivity index (χ0) is 13.7. The number of hydrogen-bond donors (Lipinski definition) is 0. The van der Waals surface area contributed by atoms with E-state index < -0.39 is 20.0 Å². The van der Waals surface area contributed by atoms with Gasteiger partial charge in [0.1, 0.15) is 4.90 Å². The summed E-state index contributed by atoms with van der Waals surface area (Å²) in [4.78, 5) is -0.299. The van der Waals surface area contributed by atoms with Crippen molar-refractivity contribution < 1.29 is 16.8 Å². The molecule has 1 heterocycles. The Morgan fingerprint density at radius 2 is 1.89 bits per heavy atom. The molecule has 0 bridgehead atoms. The Balaban J connectivity index is 2.70. The van der Waals surface area contributed by atoms with Crippen molar-refractivity contribution in [1.82, 2.24) is 4.31 Å². The van der Waals surface area contributed by atoms with Gasteiger partial charge in [0, 0.05) is 19.7 Å². The molecule has 18 heavy (non-hydrogen) atoms. The number of halogens is 1. The molecule has 1 aliphatic heterocycles. The molecule has 1 aromatic rings. The molecule has 0 spiro atoms. The van der Waals surface area contributed by atoms with Gasteiger partial charge in [-0.2, -0.15) is 8.42 Å². The molecule has 0 atom stereocenters. The number of sulfonamides is 2. The SMILES string of the molecule is CN(C)S(=O)(=O)c1ccc2c(c1)S(=O)(=O)N=C2Cl. The van der Waals surface area contributed by atoms with Crippen LogP contribution in [0.5, 0.6) is 0 Å². The van der Waals surface area contributed by atoms with Gasteiger partial charge in [0.2, 0.25) is 10.0 Å². The van der Waals surface area contributed by atoms with E-state index in [0.29, 0.717) is 0 Å². The fourth-order valence-electron chi connectivity index (χ4n) is 1.46. The molecule has 98 valence electrons. The van der Waals surface area contributed by atoms with Gasteiger partial charge in [-0.25, -0.2) is 12.7 Å². The number of hydrogen-bond acceptors (Lipinski definition) is 4. The molecule has 1 aliphatic rings. The molecule has 0 aromatic heterocycles. The van der Waals surface area contributed by atoms with Crippen molar-refractivity contribution in [3.63, 3.8) is 0 Å². The van der Waals surface area contributed by atoms with E-state index in [1.54, 1.807) is 0 Å². The van der Waals surface area contributed by atoms with E-state index >= 15 is 0 Å². The van der Waals surface area contributed by atoms with Crippen molar-refractivity contribution in [2.45, 2.75) is 9.79 Å². The van der Waals surface area contributed by atoms with Crippen LogP contribution in [0.2, 0.25) is 0 Å². The quantitative estimate of drug-likeness (QED) is 0.802. The average molecular weight is 309 g/mol. The number of rotatable bonds is 2. The Bertz CT molecular complexity index is 751. The molecule has 1 aromatic carbocycles. The Hall–Kier alpha value is -0.960. The Morgan fingerprint density at radius 1 is 1.28 bits per heavy atom. The summed E-state index contributed by atoms with van der Waals surface area (Å²) < 4.78 is 51.3.